The van der Waals surface area contributed by atoms with Gasteiger partial charge in [-0.05, 0) is 42.3 Å². The molecule has 0 fully saturated rings. The highest BCUT2D eigenvalue weighted by molar-refractivity contribution is 6.30. The average molecular weight is 402 g/mol. The summed E-state index contributed by atoms with van der Waals surface area (Å²) in [6, 6.07) is 10.7. The zero-order valence-corrected chi connectivity index (χ0v) is 16.6. The van der Waals surface area contributed by atoms with Gasteiger partial charge in [-0.3, -0.25) is 4.79 Å². The molecule has 1 N–H and O–H groups in total. The van der Waals surface area contributed by atoms with Gasteiger partial charge in [-0.1, -0.05) is 23.7 Å². The van der Waals surface area contributed by atoms with Gasteiger partial charge >= 0.3 is 5.63 Å². The van der Waals surface area contributed by atoms with Gasteiger partial charge in [-0.2, -0.15) is 0 Å². The topological polar surface area (TPSA) is 77.8 Å². The van der Waals surface area contributed by atoms with Gasteiger partial charge in [0.25, 0.3) is 0 Å². The number of carbonyl (C=O) groups is 1. The Bertz CT molecular complexity index is 1090. The van der Waals surface area contributed by atoms with Crippen molar-refractivity contribution in [3.63, 3.8) is 0 Å². The van der Waals surface area contributed by atoms with Crippen LogP contribution in [0.3, 0.4) is 0 Å². The molecule has 0 aliphatic rings. The zero-order chi connectivity index (χ0) is 20.3. The summed E-state index contributed by atoms with van der Waals surface area (Å²) in [4.78, 5) is 24.9. The van der Waals surface area contributed by atoms with Crippen molar-refractivity contribution in [3.05, 3.63) is 68.5 Å². The fraction of sp³-hybridized carbons (Fsp3) is 0.238. The van der Waals surface area contributed by atoms with E-state index in [1.54, 1.807) is 31.2 Å². The van der Waals surface area contributed by atoms with Gasteiger partial charge in [0.15, 0.2) is 11.3 Å². The fourth-order valence-electron chi connectivity index (χ4n) is 3.04. The number of benzene rings is 2. The van der Waals surface area contributed by atoms with E-state index < -0.39 is 5.63 Å². The van der Waals surface area contributed by atoms with Gasteiger partial charge in [0.05, 0.1) is 26.2 Å². The first-order valence-electron chi connectivity index (χ1n) is 8.63. The van der Waals surface area contributed by atoms with E-state index in [2.05, 4.69) is 5.32 Å². The van der Waals surface area contributed by atoms with E-state index in [-0.39, 0.29) is 12.3 Å². The van der Waals surface area contributed by atoms with Gasteiger partial charge in [0.2, 0.25) is 11.7 Å². The standard InChI is InChI=1S/C21H20ClNO5/c1-12-15-7-8-17(26-2)20(27-3)19(15)28-21(25)16(12)10-18(24)23-11-13-5-4-6-14(22)9-13/h4-9H,10-11H2,1-3H3,(H,23,24). The highest BCUT2D eigenvalue weighted by atomic mass is 35.5. The molecule has 1 heterocycles. The Hall–Kier alpha value is -2.99. The number of ether oxygens (including phenoxy) is 2. The van der Waals surface area contributed by atoms with E-state index in [4.69, 9.17) is 25.5 Å². The van der Waals surface area contributed by atoms with Crippen LogP contribution in [0.5, 0.6) is 11.5 Å². The highest BCUT2D eigenvalue weighted by Gasteiger charge is 2.19. The van der Waals surface area contributed by atoms with Crippen LogP contribution in [0.15, 0.2) is 45.6 Å². The van der Waals surface area contributed by atoms with Crippen molar-refractivity contribution in [2.75, 3.05) is 14.2 Å². The molecule has 0 aliphatic heterocycles. The fourth-order valence-corrected chi connectivity index (χ4v) is 3.25. The van der Waals surface area contributed by atoms with Crippen molar-refractivity contribution in [2.24, 2.45) is 0 Å². The molecule has 0 saturated carbocycles. The first-order valence-corrected chi connectivity index (χ1v) is 9.00. The van der Waals surface area contributed by atoms with Crippen LogP contribution in [0.1, 0.15) is 16.7 Å². The maximum atomic E-state index is 12.5. The number of hydrogen-bond donors (Lipinski definition) is 1. The molecule has 3 aromatic rings. The maximum absolute atomic E-state index is 12.5. The molecule has 146 valence electrons. The lowest BCUT2D eigenvalue weighted by Gasteiger charge is -2.13. The minimum absolute atomic E-state index is 0.0843. The number of halogens is 1. The first-order chi connectivity index (χ1) is 13.4. The van der Waals surface area contributed by atoms with Crippen LogP contribution in [0, 0.1) is 6.92 Å². The smallest absolute Gasteiger partial charge is 0.340 e. The SMILES string of the molecule is COc1ccc2c(C)c(CC(=O)NCc3cccc(Cl)c3)c(=O)oc2c1OC. The zero-order valence-electron chi connectivity index (χ0n) is 15.8. The third-order valence-electron chi connectivity index (χ3n) is 4.51. The number of carbonyl (C=O) groups excluding carboxylic acids is 1. The maximum Gasteiger partial charge on any atom is 0.340 e. The van der Waals surface area contributed by atoms with Gasteiger partial charge in [0.1, 0.15) is 0 Å². The van der Waals surface area contributed by atoms with E-state index in [0.29, 0.717) is 45.2 Å². The summed E-state index contributed by atoms with van der Waals surface area (Å²) >= 11 is 5.95. The van der Waals surface area contributed by atoms with E-state index in [1.807, 2.05) is 12.1 Å². The summed E-state index contributed by atoms with van der Waals surface area (Å²) < 4.78 is 16.0. The van der Waals surface area contributed by atoms with Crippen LogP contribution in [0.4, 0.5) is 0 Å². The van der Waals surface area contributed by atoms with E-state index >= 15 is 0 Å². The Kier molecular flexibility index (Phi) is 5.90. The van der Waals surface area contributed by atoms with E-state index in [0.717, 1.165) is 5.56 Å². The Morgan fingerprint density at radius 2 is 1.96 bits per heavy atom. The van der Waals surface area contributed by atoms with E-state index in [1.165, 1.54) is 14.2 Å². The second-order valence-electron chi connectivity index (χ2n) is 6.25. The second-order valence-corrected chi connectivity index (χ2v) is 6.69. The first kappa shape index (κ1) is 19.8. The normalized spacial score (nSPS) is 10.7. The predicted octanol–water partition coefficient (Wildman–Crippen LogP) is 3.63. The molecule has 0 unspecified atom stereocenters. The number of rotatable bonds is 6. The number of methoxy groups -OCH3 is 2. The van der Waals surface area contributed by atoms with E-state index in [9.17, 15) is 9.59 Å². The lowest BCUT2D eigenvalue weighted by molar-refractivity contribution is -0.120. The Labute approximate surface area is 167 Å². The van der Waals surface area contributed by atoms with Gasteiger partial charge < -0.3 is 19.2 Å². The number of amides is 1. The van der Waals surface area contributed by atoms with Gasteiger partial charge in [-0.15, -0.1) is 0 Å². The molecule has 0 aliphatic carbocycles. The number of aryl methyl sites for hydroxylation is 1. The number of hydrogen-bond acceptors (Lipinski definition) is 5. The monoisotopic (exact) mass is 401 g/mol. The molecule has 0 radical (unpaired) electrons. The molecule has 2 aromatic carbocycles. The van der Waals surface area contributed by atoms with Crippen LogP contribution in [-0.2, 0) is 17.8 Å². The molecule has 6 nitrogen and oxygen atoms in total. The van der Waals surface area contributed by atoms with Crippen molar-refractivity contribution in [2.45, 2.75) is 19.9 Å². The summed E-state index contributed by atoms with van der Waals surface area (Å²) in [5.41, 5.74) is 1.58. The number of fused-ring (bicyclic) bond motifs is 1. The second kappa shape index (κ2) is 8.35. The van der Waals surface area contributed by atoms with Gasteiger partial charge in [-0.25, -0.2) is 4.79 Å². The average Bonchev–Trinajstić information content (AvgIpc) is 2.68. The molecule has 1 aromatic heterocycles. The van der Waals surface area contributed by atoms with Crippen LogP contribution >= 0.6 is 11.6 Å². The molecule has 7 heteroatoms. The van der Waals surface area contributed by atoms with Gasteiger partial charge in [0, 0.05) is 17.0 Å². The third kappa shape index (κ3) is 3.97. The minimum Gasteiger partial charge on any atom is -0.493 e. The summed E-state index contributed by atoms with van der Waals surface area (Å²) in [5.74, 6) is 0.525. The quantitative estimate of drug-likeness (QED) is 0.638. The molecule has 0 bridgehead atoms. The largest absolute Gasteiger partial charge is 0.493 e. The van der Waals surface area contributed by atoms with Crippen LogP contribution in [-0.4, -0.2) is 20.1 Å². The molecule has 3 rings (SSSR count). The minimum atomic E-state index is -0.575. The Balaban J connectivity index is 1.87. The summed E-state index contributed by atoms with van der Waals surface area (Å²) in [5, 5.41) is 4.08. The summed E-state index contributed by atoms with van der Waals surface area (Å²) in [6.45, 7) is 2.10. The van der Waals surface area contributed by atoms with Crippen LogP contribution in [0.25, 0.3) is 11.0 Å². The molecule has 1 amide bonds. The van der Waals surface area contributed by atoms with Crippen LogP contribution in [0.2, 0.25) is 5.02 Å². The lowest BCUT2D eigenvalue weighted by atomic mass is 10.0. The van der Waals surface area contributed by atoms with Crippen molar-refractivity contribution < 1.29 is 18.7 Å². The van der Waals surface area contributed by atoms with Crippen molar-refractivity contribution in [1.29, 1.82) is 0 Å². The van der Waals surface area contributed by atoms with Crippen molar-refractivity contribution in [3.8, 4) is 11.5 Å². The molecular formula is C21H20ClNO5. The van der Waals surface area contributed by atoms with Crippen LogP contribution < -0.4 is 20.4 Å². The summed E-state index contributed by atoms with van der Waals surface area (Å²) in [6.07, 6.45) is -0.0843. The highest BCUT2D eigenvalue weighted by Crippen LogP contribution is 2.36. The Morgan fingerprint density at radius 1 is 1.18 bits per heavy atom. The lowest BCUT2D eigenvalue weighted by Crippen LogP contribution is -2.27. The van der Waals surface area contributed by atoms with Crippen molar-refractivity contribution in [1.82, 2.24) is 5.32 Å². The molecule has 28 heavy (non-hydrogen) atoms. The molecule has 0 saturated heterocycles. The Morgan fingerprint density at radius 3 is 2.64 bits per heavy atom. The molecular weight excluding hydrogens is 382 g/mol. The number of nitrogens with one attached hydrogen (secondary N) is 1. The summed E-state index contributed by atoms with van der Waals surface area (Å²) in [7, 11) is 2.98. The molecule has 0 spiro atoms. The molecule has 0 atom stereocenters. The van der Waals surface area contributed by atoms with Crippen molar-refractivity contribution >= 4 is 28.5 Å². The third-order valence-corrected chi connectivity index (χ3v) is 4.75. The predicted molar refractivity (Wildman–Crippen MR) is 107 cm³/mol.